The monoisotopic (exact) mass is 310 g/mol. The predicted molar refractivity (Wildman–Crippen MR) is 81.8 cm³/mol. The van der Waals surface area contributed by atoms with Gasteiger partial charge in [0.05, 0.1) is 10.7 Å². The van der Waals surface area contributed by atoms with E-state index in [0.29, 0.717) is 16.5 Å². The topological polar surface area (TPSA) is 79.3 Å². The van der Waals surface area contributed by atoms with E-state index >= 15 is 0 Å². The van der Waals surface area contributed by atoms with Gasteiger partial charge >= 0.3 is 5.97 Å². The van der Waals surface area contributed by atoms with E-state index in [9.17, 15) is 9.59 Å². The largest absolute Gasteiger partial charge is 0.480 e. The van der Waals surface area contributed by atoms with Crippen LogP contribution in [0.4, 0.5) is 0 Å². The molecule has 1 amide bonds. The van der Waals surface area contributed by atoms with Gasteiger partial charge in [0.1, 0.15) is 10.9 Å². The zero-order valence-corrected chi connectivity index (χ0v) is 13.5. The summed E-state index contributed by atoms with van der Waals surface area (Å²) in [6.45, 7) is 5.38. The van der Waals surface area contributed by atoms with Gasteiger partial charge in [-0.25, -0.2) is 9.78 Å². The maximum absolute atomic E-state index is 12.3. The summed E-state index contributed by atoms with van der Waals surface area (Å²) in [6, 6.07) is -0.867. The Kier molecular flexibility index (Phi) is 4.98. The Morgan fingerprint density at radius 1 is 1.33 bits per heavy atom. The Balaban J connectivity index is 2.13. The molecule has 21 heavy (non-hydrogen) atoms. The molecule has 0 aliphatic heterocycles. The van der Waals surface area contributed by atoms with Crippen LogP contribution in [0, 0.1) is 12.8 Å². The second-order valence-corrected chi connectivity index (χ2v) is 7.01. The number of hydrogen-bond donors (Lipinski definition) is 2. The molecule has 0 aromatic carbocycles. The first-order chi connectivity index (χ1) is 9.90. The van der Waals surface area contributed by atoms with Gasteiger partial charge in [-0.1, -0.05) is 26.7 Å². The minimum Gasteiger partial charge on any atom is -0.480 e. The van der Waals surface area contributed by atoms with E-state index in [1.165, 1.54) is 24.2 Å². The van der Waals surface area contributed by atoms with Crippen LogP contribution in [-0.4, -0.2) is 28.0 Å². The van der Waals surface area contributed by atoms with Crippen molar-refractivity contribution in [3.05, 3.63) is 15.6 Å². The number of aromatic nitrogens is 1. The lowest BCUT2D eigenvalue weighted by atomic mass is 10.0. The SMILES string of the molecule is Cc1nc(C2CCCC2)sc1C(=O)N[C@H](C(=O)O)C(C)C. The van der Waals surface area contributed by atoms with E-state index in [0.717, 1.165) is 17.8 Å². The zero-order chi connectivity index (χ0) is 15.6. The van der Waals surface area contributed by atoms with Crippen LogP contribution >= 0.6 is 11.3 Å². The molecule has 0 spiro atoms. The lowest BCUT2D eigenvalue weighted by Gasteiger charge is -2.17. The number of aliphatic carboxylic acids is 1. The summed E-state index contributed by atoms with van der Waals surface area (Å²) < 4.78 is 0. The fourth-order valence-electron chi connectivity index (χ4n) is 2.70. The number of carboxylic acid groups (broad SMARTS) is 1. The number of carbonyl (C=O) groups is 2. The molecule has 0 radical (unpaired) electrons. The molecular weight excluding hydrogens is 288 g/mol. The molecule has 1 atom stereocenters. The second kappa shape index (κ2) is 6.56. The summed E-state index contributed by atoms with van der Waals surface area (Å²) >= 11 is 1.41. The third kappa shape index (κ3) is 3.61. The molecule has 6 heteroatoms. The quantitative estimate of drug-likeness (QED) is 0.876. The van der Waals surface area contributed by atoms with Crippen molar-refractivity contribution in [1.29, 1.82) is 0 Å². The smallest absolute Gasteiger partial charge is 0.326 e. The highest BCUT2D eigenvalue weighted by Crippen LogP contribution is 2.37. The third-order valence-corrected chi connectivity index (χ3v) is 5.26. The first kappa shape index (κ1) is 15.9. The van der Waals surface area contributed by atoms with Crippen molar-refractivity contribution in [2.75, 3.05) is 0 Å². The first-order valence-corrected chi connectivity index (χ1v) is 8.22. The minimum atomic E-state index is -1.00. The summed E-state index contributed by atoms with van der Waals surface area (Å²) in [4.78, 5) is 28.6. The van der Waals surface area contributed by atoms with Crippen LogP contribution in [0.3, 0.4) is 0 Å². The highest BCUT2D eigenvalue weighted by molar-refractivity contribution is 7.13. The molecule has 1 aliphatic rings. The average molecular weight is 310 g/mol. The van der Waals surface area contributed by atoms with Crippen LogP contribution in [0.25, 0.3) is 0 Å². The Morgan fingerprint density at radius 3 is 2.48 bits per heavy atom. The molecule has 1 heterocycles. The Hall–Kier alpha value is -1.43. The summed E-state index contributed by atoms with van der Waals surface area (Å²) in [6.07, 6.45) is 4.72. The number of carbonyl (C=O) groups excluding carboxylic acids is 1. The third-order valence-electron chi connectivity index (χ3n) is 3.94. The summed E-state index contributed by atoms with van der Waals surface area (Å²) in [5.74, 6) is -1.02. The van der Waals surface area contributed by atoms with Crippen LogP contribution in [-0.2, 0) is 4.79 Å². The van der Waals surface area contributed by atoms with Crippen LogP contribution in [0.1, 0.15) is 65.8 Å². The van der Waals surface area contributed by atoms with Crippen molar-refractivity contribution < 1.29 is 14.7 Å². The van der Waals surface area contributed by atoms with Crippen LogP contribution in [0.5, 0.6) is 0 Å². The van der Waals surface area contributed by atoms with Gasteiger partial charge in [-0.15, -0.1) is 11.3 Å². The van der Waals surface area contributed by atoms with E-state index in [4.69, 9.17) is 5.11 Å². The van der Waals surface area contributed by atoms with E-state index in [1.807, 2.05) is 6.92 Å². The van der Waals surface area contributed by atoms with Gasteiger partial charge in [0.2, 0.25) is 0 Å². The van der Waals surface area contributed by atoms with E-state index in [1.54, 1.807) is 13.8 Å². The van der Waals surface area contributed by atoms with Gasteiger partial charge in [0.25, 0.3) is 5.91 Å². The molecule has 1 aromatic heterocycles. The number of nitrogens with one attached hydrogen (secondary N) is 1. The minimum absolute atomic E-state index is 0.158. The number of aryl methyl sites for hydroxylation is 1. The van der Waals surface area contributed by atoms with Crippen molar-refractivity contribution in [3.63, 3.8) is 0 Å². The number of nitrogens with zero attached hydrogens (tertiary/aromatic N) is 1. The Morgan fingerprint density at radius 2 is 1.95 bits per heavy atom. The van der Waals surface area contributed by atoms with Crippen LogP contribution in [0.2, 0.25) is 0 Å². The van der Waals surface area contributed by atoms with Crippen molar-refractivity contribution in [3.8, 4) is 0 Å². The molecule has 1 aromatic rings. The number of amides is 1. The van der Waals surface area contributed by atoms with E-state index in [2.05, 4.69) is 10.3 Å². The molecule has 1 fully saturated rings. The Bertz CT molecular complexity index is 533. The molecule has 2 rings (SSSR count). The molecule has 0 saturated heterocycles. The van der Waals surface area contributed by atoms with Gasteiger partial charge in [-0.05, 0) is 25.7 Å². The van der Waals surface area contributed by atoms with Crippen molar-refractivity contribution >= 4 is 23.2 Å². The molecule has 116 valence electrons. The summed E-state index contributed by atoms with van der Waals surface area (Å²) in [7, 11) is 0. The van der Waals surface area contributed by atoms with Crippen molar-refractivity contribution in [2.45, 2.75) is 58.4 Å². The molecule has 0 bridgehead atoms. The van der Waals surface area contributed by atoms with Crippen molar-refractivity contribution in [1.82, 2.24) is 10.3 Å². The molecule has 1 aliphatic carbocycles. The standard InChI is InChI=1S/C15H22N2O3S/c1-8(2)11(15(19)20)17-13(18)12-9(3)16-14(21-12)10-6-4-5-7-10/h8,10-11H,4-7H2,1-3H3,(H,17,18)(H,19,20)/t11-/m0/s1. The highest BCUT2D eigenvalue weighted by atomic mass is 32.1. The Labute approximate surface area is 128 Å². The molecule has 1 saturated carbocycles. The van der Waals surface area contributed by atoms with Gasteiger partial charge in [-0.2, -0.15) is 0 Å². The molecular formula is C15H22N2O3S. The first-order valence-electron chi connectivity index (χ1n) is 7.41. The van der Waals surface area contributed by atoms with Crippen LogP contribution in [0.15, 0.2) is 0 Å². The maximum Gasteiger partial charge on any atom is 0.326 e. The number of hydrogen-bond acceptors (Lipinski definition) is 4. The number of rotatable bonds is 5. The highest BCUT2D eigenvalue weighted by Gasteiger charge is 2.27. The summed E-state index contributed by atoms with van der Waals surface area (Å²) in [5.41, 5.74) is 0.701. The predicted octanol–water partition coefficient (Wildman–Crippen LogP) is 2.95. The molecule has 5 nitrogen and oxygen atoms in total. The van der Waals surface area contributed by atoms with Gasteiger partial charge in [-0.3, -0.25) is 4.79 Å². The van der Waals surface area contributed by atoms with Crippen molar-refractivity contribution in [2.24, 2.45) is 5.92 Å². The second-order valence-electron chi connectivity index (χ2n) is 5.98. The zero-order valence-electron chi connectivity index (χ0n) is 12.7. The maximum atomic E-state index is 12.3. The van der Waals surface area contributed by atoms with E-state index in [-0.39, 0.29) is 11.8 Å². The van der Waals surface area contributed by atoms with E-state index < -0.39 is 12.0 Å². The molecule has 0 unspecified atom stereocenters. The fraction of sp³-hybridized carbons (Fsp3) is 0.667. The lowest BCUT2D eigenvalue weighted by Crippen LogP contribution is -2.44. The van der Waals surface area contributed by atoms with Gasteiger partial charge < -0.3 is 10.4 Å². The average Bonchev–Trinajstić information content (AvgIpc) is 3.03. The number of thiazole rings is 1. The fourth-order valence-corrected chi connectivity index (χ4v) is 3.83. The number of carboxylic acids is 1. The van der Waals surface area contributed by atoms with Crippen LogP contribution < -0.4 is 5.32 Å². The van der Waals surface area contributed by atoms with Gasteiger partial charge in [0, 0.05) is 5.92 Å². The molecule has 2 N–H and O–H groups in total. The normalized spacial score (nSPS) is 17.1. The lowest BCUT2D eigenvalue weighted by molar-refractivity contribution is -0.140. The summed E-state index contributed by atoms with van der Waals surface area (Å²) in [5, 5.41) is 12.8. The van der Waals surface area contributed by atoms with Gasteiger partial charge in [0.15, 0.2) is 0 Å².